The smallest absolute Gasteiger partial charge is 0.255 e. The van der Waals surface area contributed by atoms with Crippen LogP contribution in [0.1, 0.15) is 47.2 Å². The van der Waals surface area contributed by atoms with E-state index in [1.165, 1.54) is 22.9 Å². The van der Waals surface area contributed by atoms with E-state index in [4.69, 9.17) is 0 Å². The molecule has 0 aromatic heterocycles. The fourth-order valence-corrected chi connectivity index (χ4v) is 6.35. The molecule has 1 amide bonds. The van der Waals surface area contributed by atoms with Crippen LogP contribution < -0.4 is 4.72 Å². The molecule has 1 aliphatic rings. The van der Waals surface area contributed by atoms with Gasteiger partial charge in [-0.1, -0.05) is 42.7 Å². The van der Waals surface area contributed by atoms with Crippen molar-refractivity contribution in [1.82, 2.24) is 9.62 Å². The van der Waals surface area contributed by atoms with Gasteiger partial charge in [-0.3, -0.25) is 4.79 Å². The Kier molecular flexibility index (Phi) is 9.52. The molecular formula is C24H32N2O3S3. The third-order valence-electron chi connectivity index (χ3n) is 5.49. The molecule has 174 valence electrons. The van der Waals surface area contributed by atoms with Crippen LogP contribution in [0.5, 0.6) is 0 Å². The first-order valence-electron chi connectivity index (χ1n) is 11.0. The van der Waals surface area contributed by atoms with Gasteiger partial charge in [-0.15, -0.1) is 11.8 Å². The zero-order valence-electron chi connectivity index (χ0n) is 18.8. The van der Waals surface area contributed by atoms with Gasteiger partial charge >= 0.3 is 0 Å². The summed E-state index contributed by atoms with van der Waals surface area (Å²) < 4.78 is 28.4. The first-order valence-corrected chi connectivity index (χ1v) is 14.9. The minimum atomic E-state index is -3.67. The Morgan fingerprint density at radius 1 is 1.06 bits per heavy atom. The molecule has 0 bridgehead atoms. The molecule has 0 radical (unpaired) electrons. The van der Waals surface area contributed by atoms with Gasteiger partial charge in [0.2, 0.25) is 10.0 Å². The molecule has 8 heteroatoms. The van der Waals surface area contributed by atoms with E-state index in [9.17, 15) is 13.2 Å². The molecule has 1 heterocycles. The number of aryl methyl sites for hydroxylation is 1. The Morgan fingerprint density at radius 2 is 1.81 bits per heavy atom. The highest BCUT2D eigenvalue weighted by Crippen LogP contribution is 2.26. The van der Waals surface area contributed by atoms with Crippen LogP contribution in [0.25, 0.3) is 0 Å². The lowest BCUT2D eigenvalue weighted by molar-refractivity contribution is 0.0758. The lowest BCUT2D eigenvalue weighted by Crippen LogP contribution is -2.32. The fraction of sp³-hybridized carbons (Fsp3) is 0.458. The minimum Gasteiger partial charge on any atom is -0.339 e. The minimum absolute atomic E-state index is 0.0676. The van der Waals surface area contributed by atoms with Gasteiger partial charge in [0.25, 0.3) is 5.91 Å². The van der Waals surface area contributed by atoms with E-state index in [0.29, 0.717) is 17.9 Å². The van der Waals surface area contributed by atoms with Gasteiger partial charge in [0.15, 0.2) is 0 Å². The van der Waals surface area contributed by atoms with Crippen LogP contribution in [0.15, 0.2) is 52.3 Å². The van der Waals surface area contributed by atoms with E-state index in [0.717, 1.165) is 49.4 Å². The Morgan fingerprint density at radius 3 is 2.50 bits per heavy atom. The first-order chi connectivity index (χ1) is 15.4. The van der Waals surface area contributed by atoms with Gasteiger partial charge in [0.1, 0.15) is 0 Å². The lowest BCUT2D eigenvalue weighted by atomic mass is 10.2. The molecule has 0 atom stereocenters. The van der Waals surface area contributed by atoms with Crippen molar-refractivity contribution in [3.63, 3.8) is 0 Å². The molecule has 1 saturated heterocycles. The number of hydrogen-bond donors (Lipinski definition) is 1. The maximum atomic E-state index is 13.2. The fourth-order valence-electron chi connectivity index (χ4n) is 3.79. The summed E-state index contributed by atoms with van der Waals surface area (Å²) in [4.78, 5) is 16.0. The van der Waals surface area contributed by atoms with Crippen molar-refractivity contribution in [2.75, 3.05) is 31.6 Å². The van der Waals surface area contributed by atoms with Crippen LogP contribution in [0.4, 0.5) is 0 Å². The topological polar surface area (TPSA) is 66.5 Å². The Hall–Kier alpha value is -1.48. The number of benzene rings is 2. The third-order valence-corrected chi connectivity index (χ3v) is 8.78. The molecule has 0 unspecified atom stereocenters. The van der Waals surface area contributed by atoms with Gasteiger partial charge in [-0.05, 0) is 49.8 Å². The summed E-state index contributed by atoms with van der Waals surface area (Å²) in [6, 6.07) is 13.2. The van der Waals surface area contributed by atoms with Gasteiger partial charge in [0.05, 0.1) is 10.5 Å². The van der Waals surface area contributed by atoms with E-state index in [2.05, 4.69) is 29.8 Å². The maximum Gasteiger partial charge on any atom is 0.255 e. The molecule has 3 rings (SSSR count). The number of nitrogens with zero attached hydrogens (tertiary/aromatic N) is 1. The van der Waals surface area contributed by atoms with Crippen molar-refractivity contribution in [2.45, 2.75) is 48.2 Å². The van der Waals surface area contributed by atoms with E-state index in [1.807, 2.05) is 17.2 Å². The largest absolute Gasteiger partial charge is 0.339 e. The summed E-state index contributed by atoms with van der Waals surface area (Å²) in [5.41, 5.74) is 2.95. The van der Waals surface area contributed by atoms with E-state index < -0.39 is 10.0 Å². The van der Waals surface area contributed by atoms with Crippen LogP contribution in [0.2, 0.25) is 0 Å². The van der Waals surface area contributed by atoms with E-state index in [1.54, 1.807) is 30.0 Å². The number of carbonyl (C=O) groups excluding carboxylic acids is 1. The average molecular weight is 493 g/mol. The van der Waals surface area contributed by atoms with Crippen molar-refractivity contribution >= 4 is 39.5 Å². The van der Waals surface area contributed by atoms with Gasteiger partial charge in [0, 0.05) is 36.0 Å². The number of nitrogens with one attached hydrogen (secondary N) is 1. The van der Waals surface area contributed by atoms with E-state index in [-0.39, 0.29) is 10.8 Å². The summed E-state index contributed by atoms with van der Waals surface area (Å²) >= 11 is 3.16. The second-order valence-electron chi connectivity index (χ2n) is 8.01. The van der Waals surface area contributed by atoms with Crippen molar-refractivity contribution < 1.29 is 13.2 Å². The molecule has 1 N–H and O–H groups in total. The number of carbonyl (C=O) groups is 1. The summed E-state index contributed by atoms with van der Waals surface area (Å²) in [6.07, 6.45) is 6.19. The Bertz CT molecular complexity index is 1020. The third kappa shape index (κ3) is 7.01. The standard InChI is InChI=1S/C24H32N2O3S3/c1-19-8-7-9-20(16-19)18-31-15-12-25-32(28,29)21-10-11-23(30-2)22(17-21)24(27)26-13-5-3-4-6-14-26/h7-11,16-17,25H,3-6,12-15,18H2,1-2H3. The van der Waals surface area contributed by atoms with Crippen molar-refractivity contribution in [1.29, 1.82) is 0 Å². The van der Waals surface area contributed by atoms with Gasteiger partial charge < -0.3 is 4.90 Å². The molecule has 1 aliphatic heterocycles. The summed E-state index contributed by atoms with van der Waals surface area (Å²) in [5.74, 6) is 1.46. The monoisotopic (exact) mass is 492 g/mol. The van der Waals surface area contributed by atoms with Crippen LogP contribution >= 0.6 is 23.5 Å². The summed E-state index contributed by atoms with van der Waals surface area (Å²) in [7, 11) is -3.67. The van der Waals surface area contributed by atoms with Crippen LogP contribution in [-0.4, -0.2) is 50.9 Å². The SMILES string of the molecule is CSc1ccc(S(=O)(=O)NCCSCc2cccc(C)c2)cc1C(=O)N1CCCCCC1. The molecule has 5 nitrogen and oxygen atoms in total. The molecule has 2 aromatic carbocycles. The highest BCUT2D eigenvalue weighted by Gasteiger charge is 2.23. The van der Waals surface area contributed by atoms with Gasteiger partial charge in [-0.25, -0.2) is 13.1 Å². The quantitative estimate of drug-likeness (QED) is 0.397. The van der Waals surface area contributed by atoms with Crippen LogP contribution in [0, 0.1) is 6.92 Å². The second-order valence-corrected chi connectivity index (χ2v) is 11.7. The predicted molar refractivity (Wildman–Crippen MR) is 135 cm³/mol. The number of sulfonamides is 1. The molecule has 32 heavy (non-hydrogen) atoms. The molecule has 0 spiro atoms. The first kappa shape index (κ1) is 25.1. The molecule has 0 saturated carbocycles. The number of hydrogen-bond acceptors (Lipinski definition) is 5. The molecule has 0 aliphatic carbocycles. The second kappa shape index (κ2) is 12.1. The average Bonchev–Trinajstić information content (AvgIpc) is 3.07. The van der Waals surface area contributed by atoms with Gasteiger partial charge in [-0.2, -0.15) is 11.8 Å². The number of rotatable bonds is 9. The summed E-state index contributed by atoms with van der Waals surface area (Å²) in [5, 5.41) is 0. The normalized spacial score (nSPS) is 14.9. The highest BCUT2D eigenvalue weighted by molar-refractivity contribution is 7.98. The zero-order chi connectivity index (χ0) is 23.0. The van der Waals surface area contributed by atoms with Crippen LogP contribution in [-0.2, 0) is 15.8 Å². The number of thioether (sulfide) groups is 2. The Labute approximate surface area is 200 Å². The molecule has 1 fully saturated rings. The Balaban J connectivity index is 1.62. The van der Waals surface area contributed by atoms with Crippen molar-refractivity contribution in [3.05, 3.63) is 59.2 Å². The molecular weight excluding hydrogens is 460 g/mol. The highest BCUT2D eigenvalue weighted by atomic mass is 32.2. The number of likely N-dealkylation sites (tertiary alicyclic amines) is 1. The predicted octanol–water partition coefficient (Wildman–Crippen LogP) is 4.94. The van der Waals surface area contributed by atoms with Crippen molar-refractivity contribution in [2.24, 2.45) is 0 Å². The van der Waals surface area contributed by atoms with E-state index >= 15 is 0 Å². The number of amides is 1. The maximum absolute atomic E-state index is 13.2. The summed E-state index contributed by atoms with van der Waals surface area (Å²) in [6.45, 7) is 3.88. The van der Waals surface area contributed by atoms with Crippen LogP contribution in [0.3, 0.4) is 0 Å². The lowest BCUT2D eigenvalue weighted by Gasteiger charge is -2.22. The molecule has 2 aromatic rings. The zero-order valence-corrected chi connectivity index (χ0v) is 21.3. The van der Waals surface area contributed by atoms with Crippen molar-refractivity contribution in [3.8, 4) is 0 Å².